The molecule has 0 radical (unpaired) electrons. The van der Waals surface area contributed by atoms with Crippen LogP contribution in [0.15, 0.2) is 0 Å². The maximum atomic E-state index is 11.6. The molecule has 0 aliphatic heterocycles. The molecular formula is C12H22N2O4. The van der Waals surface area contributed by atoms with Crippen molar-refractivity contribution in [2.75, 3.05) is 13.2 Å². The molecule has 1 aliphatic rings. The molecule has 18 heavy (non-hydrogen) atoms. The maximum absolute atomic E-state index is 11.6. The highest BCUT2D eigenvalue weighted by Crippen LogP contribution is 2.27. The lowest BCUT2D eigenvalue weighted by molar-refractivity contribution is -0.148. The van der Waals surface area contributed by atoms with Crippen molar-refractivity contribution < 1.29 is 19.4 Å². The van der Waals surface area contributed by atoms with Gasteiger partial charge >= 0.3 is 5.97 Å². The summed E-state index contributed by atoms with van der Waals surface area (Å²) in [7, 11) is 0. The zero-order valence-electron chi connectivity index (χ0n) is 10.8. The molecule has 6 heteroatoms. The van der Waals surface area contributed by atoms with Crippen LogP contribution in [0, 0.1) is 0 Å². The second-order valence-corrected chi connectivity index (χ2v) is 4.73. The third kappa shape index (κ3) is 4.27. The van der Waals surface area contributed by atoms with Gasteiger partial charge in [0.1, 0.15) is 0 Å². The van der Waals surface area contributed by atoms with Gasteiger partial charge in [-0.1, -0.05) is 19.3 Å². The normalized spacial score (nSPS) is 19.9. The fourth-order valence-electron chi connectivity index (χ4n) is 2.09. The molecule has 6 nitrogen and oxygen atoms in total. The smallest absolute Gasteiger partial charge is 0.332 e. The van der Waals surface area contributed by atoms with E-state index in [0.29, 0.717) is 12.8 Å². The molecule has 0 spiro atoms. The third-order valence-corrected chi connectivity index (χ3v) is 3.20. The van der Waals surface area contributed by atoms with Crippen LogP contribution in [0.4, 0.5) is 0 Å². The van der Waals surface area contributed by atoms with Crippen LogP contribution in [0.3, 0.4) is 0 Å². The minimum Gasteiger partial charge on any atom is -0.464 e. The van der Waals surface area contributed by atoms with Crippen molar-refractivity contribution in [2.45, 2.75) is 50.7 Å². The van der Waals surface area contributed by atoms with E-state index in [1.54, 1.807) is 6.92 Å². The molecule has 0 heterocycles. The van der Waals surface area contributed by atoms with Crippen molar-refractivity contribution in [1.82, 2.24) is 5.32 Å². The average Bonchev–Trinajstić information content (AvgIpc) is 2.36. The lowest BCUT2D eigenvalue weighted by Gasteiger charge is -2.32. The Labute approximate surface area is 107 Å². The first-order chi connectivity index (χ1) is 8.48. The van der Waals surface area contributed by atoms with Crippen LogP contribution in [0.2, 0.25) is 0 Å². The molecule has 0 saturated heterocycles. The molecule has 0 aromatic heterocycles. The topological polar surface area (TPSA) is 102 Å². The lowest BCUT2D eigenvalue weighted by Crippen LogP contribution is -2.51. The SMILES string of the molecule is CCOC(=O)C(N)C(=O)NCC1(O)CCCCC1. The molecule has 104 valence electrons. The second-order valence-electron chi connectivity index (χ2n) is 4.73. The number of ether oxygens (including phenoxy) is 1. The molecule has 1 atom stereocenters. The number of hydrogen-bond acceptors (Lipinski definition) is 5. The second kappa shape index (κ2) is 6.70. The van der Waals surface area contributed by atoms with E-state index in [0.717, 1.165) is 19.3 Å². The van der Waals surface area contributed by atoms with Crippen molar-refractivity contribution in [2.24, 2.45) is 5.73 Å². The van der Waals surface area contributed by atoms with Gasteiger partial charge in [0.05, 0.1) is 12.2 Å². The summed E-state index contributed by atoms with van der Waals surface area (Å²) in [5, 5.41) is 12.7. The fraction of sp³-hybridized carbons (Fsp3) is 0.833. The third-order valence-electron chi connectivity index (χ3n) is 3.20. The van der Waals surface area contributed by atoms with Crippen LogP contribution >= 0.6 is 0 Å². The first kappa shape index (κ1) is 14.9. The van der Waals surface area contributed by atoms with Gasteiger partial charge in [0.2, 0.25) is 5.91 Å². The number of rotatable bonds is 5. The van der Waals surface area contributed by atoms with E-state index in [1.807, 2.05) is 0 Å². The fourth-order valence-corrected chi connectivity index (χ4v) is 2.09. The number of aliphatic hydroxyl groups is 1. The molecular weight excluding hydrogens is 236 g/mol. The van der Waals surface area contributed by atoms with Crippen molar-refractivity contribution >= 4 is 11.9 Å². The minimum absolute atomic E-state index is 0.138. The van der Waals surface area contributed by atoms with Gasteiger partial charge in [-0.25, -0.2) is 4.79 Å². The molecule has 4 N–H and O–H groups in total. The Morgan fingerprint density at radius 1 is 1.39 bits per heavy atom. The summed E-state index contributed by atoms with van der Waals surface area (Å²) in [6, 6.07) is -1.32. The van der Waals surface area contributed by atoms with E-state index in [1.165, 1.54) is 0 Å². The van der Waals surface area contributed by atoms with Crippen LogP contribution in [-0.2, 0) is 14.3 Å². The number of esters is 1. The summed E-state index contributed by atoms with van der Waals surface area (Å²) in [6.45, 7) is 1.97. The first-order valence-corrected chi connectivity index (χ1v) is 6.41. The largest absolute Gasteiger partial charge is 0.464 e. The first-order valence-electron chi connectivity index (χ1n) is 6.41. The average molecular weight is 258 g/mol. The Balaban J connectivity index is 2.37. The zero-order valence-corrected chi connectivity index (χ0v) is 10.8. The monoisotopic (exact) mass is 258 g/mol. The quantitative estimate of drug-likeness (QED) is 0.464. The summed E-state index contributed by atoms with van der Waals surface area (Å²) in [4.78, 5) is 22.8. The Hall–Kier alpha value is -1.14. The van der Waals surface area contributed by atoms with Crippen molar-refractivity contribution in [1.29, 1.82) is 0 Å². The number of carbonyl (C=O) groups is 2. The van der Waals surface area contributed by atoms with Crippen LogP contribution in [0.5, 0.6) is 0 Å². The Morgan fingerprint density at radius 3 is 2.56 bits per heavy atom. The molecule has 1 aliphatic carbocycles. The van der Waals surface area contributed by atoms with Gasteiger partial charge in [0.25, 0.3) is 0 Å². The molecule has 0 aromatic rings. The summed E-state index contributed by atoms with van der Waals surface area (Å²) >= 11 is 0. The highest BCUT2D eigenvalue weighted by molar-refractivity contribution is 6.01. The minimum atomic E-state index is -1.32. The Bertz CT molecular complexity index is 300. The highest BCUT2D eigenvalue weighted by Gasteiger charge is 2.31. The Morgan fingerprint density at radius 2 is 2.00 bits per heavy atom. The van der Waals surface area contributed by atoms with Gasteiger partial charge in [-0.15, -0.1) is 0 Å². The summed E-state index contributed by atoms with van der Waals surface area (Å²) in [5.74, 6) is -1.35. The van der Waals surface area contributed by atoms with Gasteiger partial charge in [-0.05, 0) is 19.8 Å². The van der Waals surface area contributed by atoms with E-state index in [9.17, 15) is 14.7 Å². The molecule has 1 rings (SSSR count). The lowest BCUT2D eigenvalue weighted by atomic mass is 9.85. The van der Waals surface area contributed by atoms with E-state index >= 15 is 0 Å². The van der Waals surface area contributed by atoms with E-state index in [4.69, 9.17) is 5.73 Å². The molecule has 1 fully saturated rings. The van der Waals surface area contributed by atoms with Gasteiger partial charge in [0.15, 0.2) is 6.04 Å². The summed E-state index contributed by atoms with van der Waals surface area (Å²) in [5.41, 5.74) is 4.58. The van der Waals surface area contributed by atoms with Crippen molar-refractivity contribution in [3.05, 3.63) is 0 Å². The van der Waals surface area contributed by atoms with Crippen LogP contribution in [0.25, 0.3) is 0 Å². The van der Waals surface area contributed by atoms with Crippen molar-refractivity contribution in [3.8, 4) is 0 Å². The number of nitrogens with two attached hydrogens (primary N) is 1. The molecule has 1 unspecified atom stereocenters. The Kier molecular flexibility index (Phi) is 5.55. The van der Waals surface area contributed by atoms with E-state index in [-0.39, 0.29) is 13.2 Å². The number of nitrogens with one attached hydrogen (secondary N) is 1. The molecule has 0 aromatic carbocycles. The number of carbonyl (C=O) groups excluding carboxylic acids is 2. The zero-order chi connectivity index (χ0) is 13.6. The number of amides is 1. The standard InChI is InChI=1S/C12H22N2O4/c1-2-18-11(16)9(13)10(15)14-8-12(17)6-4-3-5-7-12/h9,17H,2-8,13H2,1H3,(H,14,15). The van der Waals surface area contributed by atoms with Gasteiger partial charge < -0.3 is 20.9 Å². The van der Waals surface area contributed by atoms with E-state index < -0.39 is 23.5 Å². The van der Waals surface area contributed by atoms with E-state index in [2.05, 4.69) is 10.1 Å². The van der Waals surface area contributed by atoms with Gasteiger partial charge in [-0.3, -0.25) is 4.79 Å². The van der Waals surface area contributed by atoms with Gasteiger partial charge in [0, 0.05) is 6.54 Å². The van der Waals surface area contributed by atoms with Crippen molar-refractivity contribution in [3.63, 3.8) is 0 Å². The molecule has 0 bridgehead atoms. The predicted molar refractivity (Wildman–Crippen MR) is 65.7 cm³/mol. The highest BCUT2D eigenvalue weighted by atomic mass is 16.5. The molecule has 1 amide bonds. The van der Waals surface area contributed by atoms with Crippen LogP contribution in [0.1, 0.15) is 39.0 Å². The maximum Gasteiger partial charge on any atom is 0.332 e. The summed E-state index contributed by atoms with van der Waals surface area (Å²) in [6.07, 6.45) is 4.36. The van der Waals surface area contributed by atoms with Crippen LogP contribution in [-0.4, -0.2) is 41.8 Å². The van der Waals surface area contributed by atoms with Gasteiger partial charge in [-0.2, -0.15) is 0 Å². The summed E-state index contributed by atoms with van der Waals surface area (Å²) < 4.78 is 4.65. The van der Waals surface area contributed by atoms with Crippen LogP contribution < -0.4 is 11.1 Å². The predicted octanol–water partition coefficient (Wildman–Crippen LogP) is -0.312. The number of hydrogen-bond donors (Lipinski definition) is 3. The molecule has 1 saturated carbocycles.